The van der Waals surface area contributed by atoms with E-state index >= 15 is 0 Å². The Hall–Kier alpha value is -2.60. The van der Waals surface area contributed by atoms with E-state index in [1.807, 2.05) is 12.1 Å². The van der Waals surface area contributed by atoms with E-state index in [0.717, 1.165) is 5.56 Å². The zero-order chi connectivity index (χ0) is 16.7. The first-order valence-electron chi connectivity index (χ1n) is 7.72. The lowest BCUT2D eigenvalue weighted by Crippen LogP contribution is -2.40. The molecular weight excluding hydrogens is 328 g/mol. The number of benzene rings is 1. The molecule has 1 aliphatic heterocycles. The molecule has 6 nitrogen and oxygen atoms in total. The van der Waals surface area contributed by atoms with E-state index in [1.54, 1.807) is 29.3 Å². The molecule has 0 spiro atoms. The fourth-order valence-electron chi connectivity index (χ4n) is 3.03. The molecule has 0 aliphatic carbocycles. The van der Waals surface area contributed by atoms with Gasteiger partial charge in [0.2, 0.25) is 5.91 Å². The summed E-state index contributed by atoms with van der Waals surface area (Å²) in [6.45, 7) is 0.905. The number of carbonyl (C=O) groups excluding carboxylic acids is 1. The van der Waals surface area contributed by atoms with Crippen molar-refractivity contribution in [3.8, 4) is 0 Å². The monoisotopic (exact) mass is 342 g/mol. The maximum absolute atomic E-state index is 12.5. The van der Waals surface area contributed by atoms with E-state index < -0.39 is 0 Å². The largest absolute Gasteiger partial charge is 0.336 e. The Balaban J connectivity index is 1.57. The summed E-state index contributed by atoms with van der Waals surface area (Å²) in [5.74, 6) is 0.0269. The molecule has 3 aromatic rings. The van der Waals surface area contributed by atoms with Crippen molar-refractivity contribution in [3.05, 3.63) is 68.7 Å². The maximum Gasteiger partial charge on any atom is 0.276 e. The van der Waals surface area contributed by atoms with Gasteiger partial charge in [0.25, 0.3) is 5.56 Å². The van der Waals surface area contributed by atoms with Gasteiger partial charge in [0.1, 0.15) is 0 Å². The Morgan fingerprint density at radius 1 is 1.25 bits per heavy atom. The molecule has 0 atom stereocenters. The number of hydrogen-bond donors (Lipinski definition) is 1. The van der Waals surface area contributed by atoms with Crippen molar-refractivity contribution in [2.75, 3.05) is 6.54 Å². The van der Waals surface area contributed by atoms with E-state index in [9.17, 15) is 9.59 Å². The number of amides is 1. The molecule has 0 unspecified atom stereocenters. The number of hydrogen-bond acceptors (Lipinski definition) is 3. The van der Waals surface area contributed by atoms with Crippen LogP contribution >= 0.6 is 11.6 Å². The van der Waals surface area contributed by atoms with Crippen molar-refractivity contribution < 1.29 is 4.79 Å². The van der Waals surface area contributed by atoms with Crippen LogP contribution in [0, 0.1) is 0 Å². The molecule has 0 saturated carbocycles. The van der Waals surface area contributed by atoms with Gasteiger partial charge in [0.05, 0.1) is 18.7 Å². The molecule has 0 bridgehead atoms. The molecule has 1 amide bonds. The summed E-state index contributed by atoms with van der Waals surface area (Å²) in [6.07, 6.45) is 2.52. The Morgan fingerprint density at radius 2 is 2.04 bits per heavy atom. The standard InChI is InChI=1S/C17H15ClN4O2/c18-12-3-1-11(2-4-12)9-16(23)21-8-6-13-14(10-21)20-15-5-7-19-22(15)17(13)24/h1-5,7,19H,6,8-10H2. The van der Waals surface area contributed by atoms with Crippen molar-refractivity contribution in [1.29, 1.82) is 0 Å². The molecule has 3 heterocycles. The smallest absolute Gasteiger partial charge is 0.276 e. The van der Waals surface area contributed by atoms with E-state index in [4.69, 9.17) is 11.6 Å². The number of carbonyl (C=O) groups is 1. The van der Waals surface area contributed by atoms with E-state index in [-0.39, 0.29) is 11.5 Å². The highest BCUT2D eigenvalue weighted by Crippen LogP contribution is 2.17. The fourth-order valence-corrected chi connectivity index (χ4v) is 3.16. The summed E-state index contributed by atoms with van der Waals surface area (Å²) >= 11 is 5.87. The van der Waals surface area contributed by atoms with Gasteiger partial charge in [-0.1, -0.05) is 23.7 Å². The molecule has 122 valence electrons. The Morgan fingerprint density at radius 3 is 2.83 bits per heavy atom. The van der Waals surface area contributed by atoms with Gasteiger partial charge < -0.3 is 4.90 Å². The highest BCUT2D eigenvalue weighted by atomic mass is 35.5. The third-order valence-electron chi connectivity index (χ3n) is 4.32. The number of H-pyrrole nitrogens is 1. The Labute approximate surface area is 142 Å². The number of nitrogens with one attached hydrogen (secondary N) is 1. The fraction of sp³-hybridized carbons (Fsp3) is 0.235. The van der Waals surface area contributed by atoms with Gasteiger partial charge >= 0.3 is 0 Å². The number of aromatic amines is 1. The first-order chi connectivity index (χ1) is 11.6. The van der Waals surface area contributed by atoms with Crippen molar-refractivity contribution >= 4 is 23.2 Å². The minimum atomic E-state index is -0.0789. The minimum Gasteiger partial charge on any atom is -0.336 e. The summed E-state index contributed by atoms with van der Waals surface area (Å²) in [6, 6.07) is 9.01. The molecule has 1 aromatic carbocycles. The molecular formula is C17H15ClN4O2. The van der Waals surface area contributed by atoms with Crippen molar-refractivity contribution in [3.63, 3.8) is 0 Å². The van der Waals surface area contributed by atoms with Crippen molar-refractivity contribution in [1.82, 2.24) is 19.5 Å². The predicted molar refractivity (Wildman–Crippen MR) is 90.1 cm³/mol. The quantitative estimate of drug-likeness (QED) is 0.772. The SMILES string of the molecule is O=C(Cc1ccc(Cl)cc1)N1CCc2c(nc3cc[nH]n3c2=O)C1. The third-order valence-corrected chi connectivity index (χ3v) is 4.57. The summed E-state index contributed by atoms with van der Waals surface area (Å²) in [5.41, 5.74) is 2.79. The number of rotatable bonds is 2. The number of aromatic nitrogens is 3. The number of halogens is 1. The Kier molecular flexibility index (Phi) is 3.61. The summed E-state index contributed by atoms with van der Waals surface area (Å²) in [7, 11) is 0. The van der Waals surface area contributed by atoms with Crippen LogP contribution in [0.5, 0.6) is 0 Å². The summed E-state index contributed by atoms with van der Waals surface area (Å²) in [5, 5.41) is 3.51. The van der Waals surface area contributed by atoms with Crippen LogP contribution in [0.1, 0.15) is 16.8 Å². The van der Waals surface area contributed by atoms with Gasteiger partial charge in [-0.25, -0.2) is 9.50 Å². The van der Waals surface area contributed by atoms with E-state index in [2.05, 4.69) is 10.1 Å². The molecule has 1 N–H and O–H groups in total. The lowest BCUT2D eigenvalue weighted by molar-refractivity contribution is -0.131. The van der Waals surface area contributed by atoms with Crippen LogP contribution < -0.4 is 5.56 Å². The van der Waals surface area contributed by atoms with Gasteiger partial charge in [-0.2, -0.15) is 0 Å². The second kappa shape index (κ2) is 5.79. The number of fused-ring (bicyclic) bond motifs is 2. The molecule has 0 saturated heterocycles. The summed E-state index contributed by atoms with van der Waals surface area (Å²) in [4.78, 5) is 31.2. The lowest BCUT2D eigenvalue weighted by atomic mass is 10.0. The van der Waals surface area contributed by atoms with Crippen LogP contribution in [0.3, 0.4) is 0 Å². The van der Waals surface area contributed by atoms with Crippen LogP contribution in [0.15, 0.2) is 41.3 Å². The zero-order valence-corrected chi connectivity index (χ0v) is 13.6. The van der Waals surface area contributed by atoms with Crippen LogP contribution in [-0.4, -0.2) is 31.9 Å². The topological polar surface area (TPSA) is 70.5 Å². The molecule has 7 heteroatoms. The molecule has 0 radical (unpaired) electrons. The lowest BCUT2D eigenvalue weighted by Gasteiger charge is -2.27. The second-order valence-corrected chi connectivity index (χ2v) is 6.30. The van der Waals surface area contributed by atoms with E-state index in [1.165, 1.54) is 4.52 Å². The third kappa shape index (κ3) is 2.59. The Bertz CT molecular complexity index is 974. The van der Waals surface area contributed by atoms with Crippen LogP contribution in [0.4, 0.5) is 0 Å². The molecule has 24 heavy (non-hydrogen) atoms. The normalized spacial score (nSPS) is 14.0. The van der Waals surface area contributed by atoms with Gasteiger partial charge in [-0.15, -0.1) is 0 Å². The second-order valence-electron chi connectivity index (χ2n) is 5.87. The van der Waals surface area contributed by atoms with Crippen LogP contribution in [0.2, 0.25) is 5.02 Å². The first kappa shape index (κ1) is 15.0. The van der Waals surface area contributed by atoms with Gasteiger partial charge in [0.15, 0.2) is 5.65 Å². The van der Waals surface area contributed by atoms with Crippen LogP contribution in [0.25, 0.3) is 5.65 Å². The minimum absolute atomic E-state index is 0.0269. The van der Waals surface area contributed by atoms with Gasteiger partial charge in [0, 0.05) is 29.4 Å². The van der Waals surface area contributed by atoms with Gasteiger partial charge in [-0.05, 0) is 24.1 Å². The number of nitrogens with zero attached hydrogens (tertiary/aromatic N) is 3. The molecule has 4 rings (SSSR count). The van der Waals surface area contributed by atoms with Crippen molar-refractivity contribution in [2.24, 2.45) is 0 Å². The zero-order valence-electron chi connectivity index (χ0n) is 12.8. The molecule has 2 aromatic heterocycles. The summed E-state index contributed by atoms with van der Waals surface area (Å²) < 4.78 is 1.43. The highest BCUT2D eigenvalue weighted by molar-refractivity contribution is 6.30. The highest BCUT2D eigenvalue weighted by Gasteiger charge is 2.25. The average Bonchev–Trinajstić information content (AvgIpc) is 3.05. The van der Waals surface area contributed by atoms with Crippen LogP contribution in [-0.2, 0) is 24.2 Å². The first-order valence-corrected chi connectivity index (χ1v) is 8.10. The maximum atomic E-state index is 12.5. The molecule has 1 aliphatic rings. The van der Waals surface area contributed by atoms with Gasteiger partial charge in [-0.3, -0.25) is 14.7 Å². The molecule has 0 fully saturated rings. The average molecular weight is 343 g/mol. The predicted octanol–water partition coefficient (Wildman–Crippen LogP) is 1.80. The van der Waals surface area contributed by atoms with E-state index in [0.29, 0.717) is 47.9 Å². The van der Waals surface area contributed by atoms with Crippen molar-refractivity contribution in [2.45, 2.75) is 19.4 Å².